The quantitative estimate of drug-likeness (QED) is 0.754. The molecule has 3 N–H and O–H groups in total. The second-order valence-electron chi connectivity index (χ2n) is 4.83. The molecule has 0 aliphatic heterocycles. The molecule has 1 aromatic rings. The van der Waals surface area contributed by atoms with Crippen LogP contribution < -0.4 is 11.1 Å². The van der Waals surface area contributed by atoms with Gasteiger partial charge in [-0.1, -0.05) is 26.7 Å². The first-order valence-electron chi connectivity index (χ1n) is 6.75. The summed E-state index contributed by atoms with van der Waals surface area (Å²) < 4.78 is 0. The van der Waals surface area contributed by atoms with Gasteiger partial charge < -0.3 is 11.1 Å². The van der Waals surface area contributed by atoms with Gasteiger partial charge in [-0.15, -0.1) is 0 Å². The zero-order valence-electron chi connectivity index (χ0n) is 11.6. The molecule has 100 valence electrons. The van der Waals surface area contributed by atoms with Crippen molar-refractivity contribution in [3.05, 3.63) is 23.8 Å². The molecule has 0 fully saturated rings. The van der Waals surface area contributed by atoms with Crippen molar-refractivity contribution in [2.24, 2.45) is 5.92 Å². The third kappa shape index (κ3) is 4.06. The van der Waals surface area contributed by atoms with Crippen molar-refractivity contribution < 1.29 is 4.79 Å². The van der Waals surface area contributed by atoms with E-state index in [1.165, 1.54) is 0 Å². The Morgan fingerprint density at radius 2 is 1.89 bits per heavy atom. The van der Waals surface area contributed by atoms with Gasteiger partial charge >= 0.3 is 0 Å². The number of rotatable bonds is 6. The Morgan fingerprint density at radius 1 is 1.28 bits per heavy atom. The maximum atomic E-state index is 12.1. The Kier molecular flexibility index (Phi) is 5.69. The minimum Gasteiger partial charge on any atom is -0.399 e. The number of anilines is 2. The highest BCUT2D eigenvalue weighted by Gasteiger charge is 2.16. The van der Waals surface area contributed by atoms with Crippen molar-refractivity contribution in [3.63, 3.8) is 0 Å². The summed E-state index contributed by atoms with van der Waals surface area (Å²) >= 11 is 0. The summed E-state index contributed by atoms with van der Waals surface area (Å²) in [5, 5.41) is 2.99. The third-order valence-electron chi connectivity index (χ3n) is 3.18. The lowest BCUT2D eigenvalue weighted by Crippen LogP contribution is -2.22. The van der Waals surface area contributed by atoms with Crippen molar-refractivity contribution in [2.45, 2.75) is 46.5 Å². The molecule has 3 heteroatoms. The van der Waals surface area contributed by atoms with Crippen LogP contribution in [0.5, 0.6) is 0 Å². The summed E-state index contributed by atoms with van der Waals surface area (Å²) in [5.74, 6) is 0.251. The van der Waals surface area contributed by atoms with Crippen LogP contribution in [-0.2, 0) is 4.79 Å². The predicted octanol–water partition coefficient (Wildman–Crippen LogP) is 3.73. The molecule has 0 unspecified atom stereocenters. The van der Waals surface area contributed by atoms with Crippen LogP contribution in [0, 0.1) is 12.8 Å². The number of benzene rings is 1. The van der Waals surface area contributed by atoms with Crippen molar-refractivity contribution in [2.75, 3.05) is 11.1 Å². The highest BCUT2D eigenvalue weighted by molar-refractivity contribution is 5.92. The molecule has 0 radical (unpaired) electrons. The first-order chi connectivity index (χ1) is 8.58. The highest BCUT2D eigenvalue weighted by Crippen LogP contribution is 2.20. The summed E-state index contributed by atoms with van der Waals surface area (Å²) in [6, 6.07) is 5.61. The number of hydrogen-bond donors (Lipinski definition) is 2. The molecule has 0 saturated heterocycles. The molecule has 3 nitrogen and oxygen atoms in total. The number of carbonyl (C=O) groups is 1. The first kappa shape index (κ1) is 14.6. The normalized spacial score (nSPS) is 10.7. The van der Waals surface area contributed by atoms with E-state index in [9.17, 15) is 4.79 Å². The lowest BCUT2D eigenvalue weighted by Gasteiger charge is -2.15. The number of hydrogen-bond acceptors (Lipinski definition) is 2. The van der Waals surface area contributed by atoms with E-state index < -0.39 is 0 Å². The number of nitrogens with two attached hydrogens (primary N) is 1. The fraction of sp³-hybridized carbons (Fsp3) is 0.533. The van der Waals surface area contributed by atoms with Gasteiger partial charge in [-0.25, -0.2) is 0 Å². The van der Waals surface area contributed by atoms with Crippen LogP contribution in [-0.4, -0.2) is 5.91 Å². The lowest BCUT2D eigenvalue weighted by atomic mass is 9.97. The average Bonchev–Trinajstić information content (AvgIpc) is 2.33. The van der Waals surface area contributed by atoms with E-state index in [1.54, 1.807) is 0 Å². The molecule has 0 aromatic heterocycles. The van der Waals surface area contributed by atoms with Gasteiger partial charge in [0.05, 0.1) is 0 Å². The highest BCUT2D eigenvalue weighted by atomic mass is 16.1. The van der Waals surface area contributed by atoms with Crippen LogP contribution in [0.3, 0.4) is 0 Å². The van der Waals surface area contributed by atoms with Gasteiger partial charge in [-0.2, -0.15) is 0 Å². The number of carbonyl (C=O) groups excluding carboxylic acids is 1. The van der Waals surface area contributed by atoms with E-state index in [1.807, 2.05) is 25.1 Å². The summed E-state index contributed by atoms with van der Waals surface area (Å²) in [4.78, 5) is 12.1. The van der Waals surface area contributed by atoms with Crippen LogP contribution in [0.15, 0.2) is 18.2 Å². The van der Waals surface area contributed by atoms with Crippen molar-refractivity contribution in [3.8, 4) is 0 Å². The summed E-state index contributed by atoms with van der Waals surface area (Å²) in [6.07, 6.45) is 3.99. The van der Waals surface area contributed by atoms with Gasteiger partial charge in [0.1, 0.15) is 0 Å². The van der Waals surface area contributed by atoms with Crippen LogP contribution in [0.1, 0.15) is 45.1 Å². The van der Waals surface area contributed by atoms with Gasteiger partial charge in [-0.05, 0) is 43.5 Å². The molecular formula is C15H24N2O. The molecular weight excluding hydrogens is 224 g/mol. The molecule has 0 atom stereocenters. The van der Waals surface area contributed by atoms with Crippen LogP contribution in [0.2, 0.25) is 0 Å². The number of nitrogen functional groups attached to an aromatic ring is 1. The van der Waals surface area contributed by atoms with E-state index in [0.717, 1.165) is 42.6 Å². The first-order valence-corrected chi connectivity index (χ1v) is 6.75. The largest absolute Gasteiger partial charge is 0.399 e. The van der Waals surface area contributed by atoms with Crippen molar-refractivity contribution >= 4 is 17.3 Å². The van der Waals surface area contributed by atoms with Gasteiger partial charge in [0.2, 0.25) is 5.91 Å². The van der Waals surface area contributed by atoms with Crippen molar-refractivity contribution in [1.82, 2.24) is 0 Å². The van der Waals surface area contributed by atoms with E-state index >= 15 is 0 Å². The van der Waals surface area contributed by atoms with Crippen LogP contribution >= 0.6 is 0 Å². The standard InChI is InChI=1S/C15H24N2O/c1-4-6-12(7-5-2)15(18)17-13-8-9-14(16)11(3)10-13/h8-10,12H,4-7,16H2,1-3H3,(H,17,18). The molecule has 0 bridgehead atoms. The monoisotopic (exact) mass is 248 g/mol. The SMILES string of the molecule is CCCC(CCC)C(=O)Nc1ccc(N)c(C)c1. The topological polar surface area (TPSA) is 55.1 Å². The number of aryl methyl sites for hydroxylation is 1. The minimum atomic E-state index is 0.123. The Morgan fingerprint density at radius 3 is 2.39 bits per heavy atom. The van der Waals surface area contributed by atoms with E-state index in [-0.39, 0.29) is 11.8 Å². The molecule has 1 amide bonds. The summed E-state index contributed by atoms with van der Waals surface area (Å²) in [6.45, 7) is 6.17. The fourth-order valence-corrected chi connectivity index (χ4v) is 2.10. The minimum absolute atomic E-state index is 0.123. The number of nitrogens with one attached hydrogen (secondary N) is 1. The predicted molar refractivity (Wildman–Crippen MR) is 77.5 cm³/mol. The van der Waals surface area contributed by atoms with E-state index in [0.29, 0.717) is 0 Å². The summed E-state index contributed by atoms with van der Waals surface area (Å²) in [5.41, 5.74) is 8.35. The van der Waals surface area contributed by atoms with Crippen molar-refractivity contribution in [1.29, 1.82) is 0 Å². The van der Waals surface area contributed by atoms with E-state index in [4.69, 9.17) is 5.73 Å². The molecule has 0 spiro atoms. The molecule has 0 heterocycles. The summed E-state index contributed by atoms with van der Waals surface area (Å²) in [7, 11) is 0. The van der Waals surface area contributed by atoms with Crippen LogP contribution in [0.25, 0.3) is 0 Å². The second kappa shape index (κ2) is 7.04. The molecule has 18 heavy (non-hydrogen) atoms. The molecule has 0 saturated carbocycles. The van der Waals surface area contributed by atoms with Gasteiger partial charge in [0.25, 0.3) is 0 Å². The maximum absolute atomic E-state index is 12.1. The molecule has 0 aliphatic carbocycles. The van der Waals surface area contributed by atoms with Gasteiger partial charge in [-0.3, -0.25) is 4.79 Å². The zero-order chi connectivity index (χ0) is 13.5. The Balaban J connectivity index is 2.69. The smallest absolute Gasteiger partial charge is 0.227 e. The molecule has 1 aromatic carbocycles. The molecule has 1 rings (SSSR count). The zero-order valence-corrected chi connectivity index (χ0v) is 11.6. The lowest BCUT2D eigenvalue weighted by molar-refractivity contribution is -0.120. The Labute approximate surface area is 110 Å². The van der Waals surface area contributed by atoms with E-state index in [2.05, 4.69) is 19.2 Å². The average molecular weight is 248 g/mol. The third-order valence-corrected chi connectivity index (χ3v) is 3.18. The van der Waals surface area contributed by atoms with Gasteiger partial charge in [0, 0.05) is 17.3 Å². The number of amides is 1. The van der Waals surface area contributed by atoms with Crippen LogP contribution in [0.4, 0.5) is 11.4 Å². The Hall–Kier alpha value is -1.51. The second-order valence-corrected chi connectivity index (χ2v) is 4.83. The maximum Gasteiger partial charge on any atom is 0.227 e. The van der Waals surface area contributed by atoms with Gasteiger partial charge in [0.15, 0.2) is 0 Å². The molecule has 0 aliphatic rings. The fourth-order valence-electron chi connectivity index (χ4n) is 2.10. The Bertz CT molecular complexity index is 395.